The second-order valence-corrected chi connectivity index (χ2v) is 8.40. The second-order valence-electron chi connectivity index (χ2n) is 8.40. The Morgan fingerprint density at radius 1 is 1.29 bits per heavy atom. The highest BCUT2D eigenvalue weighted by molar-refractivity contribution is 5.67. The monoisotopic (exact) mass is 481 g/mol. The molecule has 0 radical (unpaired) electrons. The van der Waals surface area contributed by atoms with Crippen LogP contribution >= 0.6 is 0 Å². The quantitative estimate of drug-likeness (QED) is 0.445. The molecule has 3 aromatic rings. The molecular weight excluding hydrogens is 455 g/mol. The number of halogens is 3. The van der Waals surface area contributed by atoms with E-state index in [1.165, 1.54) is 17.6 Å². The molecule has 1 fully saturated rings. The summed E-state index contributed by atoms with van der Waals surface area (Å²) in [4.78, 5) is 20.1. The van der Waals surface area contributed by atoms with E-state index in [9.17, 15) is 13.6 Å². The molecule has 3 heterocycles. The first-order valence-electron chi connectivity index (χ1n) is 10.8. The number of aromatic amines is 1. The van der Waals surface area contributed by atoms with Gasteiger partial charge in [0.2, 0.25) is 5.95 Å². The van der Waals surface area contributed by atoms with Gasteiger partial charge < -0.3 is 20.1 Å². The summed E-state index contributed by atoms with van der Waals surface area (Å²) in [7, 11) is 1.50. The van der Waals surface area contributed by atoms with Crippen molar-refractivity contribution >= 4 is 23.5 Å². The van der Waals surface area contributed by atoms with Crippen molar-refractivity contribution in [1.82, 2.24) is 29.9 Å². The Morgan fingerprint density at radius 2 is 2.09 bits per heavy atom. The summed E-state index contributed by atoms with van der Waals surface area (Å²) in [5.41, 5.74) is 0.868. The van der Waals surface area contributed by atoms with Gasteiger partial charge >= 0.3 is 6.09 Å². The summed E-state index contributed by atoms with van der Waals surface area (Å²) in [6.45, 7) is 3.77. The molecule has 34 heavy (non-hydrogen) atoms. The van der Waals surface area contributed by atoms with Crippen LogP contribution in [0.5, 0.6) is 0 Å². The second kappa shape index (κ2) is 9.87. The zero-order chi connectivity index (χ0) is 24.4. The molecule has 0 saturated heterocycles. The summed E-state index contributed by atoms with van der Waals surface area (Å²) >= 11 is 0. The molecule has 0 aliphatic heterocycles. The van der Waals surface area contributed by atoms with Crippen LogP contribution in [0.25, 0.3) is 5.65 Å². The van der Waals surface area contributed by atoms with Crippen LogP contribution in [0.1, 0.15) is 56.1 Å². The first kappa shape index (κ1) is 23.8. The number of hydrogen-bond donors (Lipinski definition) is 3. The Balaban J connectivity index is 1.51. The molecule has 0 unspecified atom stereocenters. The normalized spacial score (nSPS) is 20.4. The Kier molecular flexibility index (Phi) is 6.91. The highest BCUT2D eigenvalue weighted by Crippen LogP contribution is 2.38. The SMILES string of the molecule is COCc1cn2c(Nc3cc([C@H]4CC[C@@H](OC(=O)NC(C)C)[C@@H]4F)[nH]n3)nc(C(F)F)cc2n1. The van der Waals surface area contributed by atoms with Crippen molar-refractivity contribution in [3.05, 3.63) is 35.4 Å². The Hall–Kier alpha value is -3.35. The third-order valence-corrected chi connectivity index (χ3v) is 5.44. The molecule has 13 heteroatoms. The summed E-state index contributed by atoms with van der Waals surface area (Å²) < 4.78 is 53.5. The van der Waals surface area contributed by atoms with Crippen LogP contribution in [0.2, 0.25) is 0 Å². The summed E-state index contributed by atoms with van der Waals surface area (Å²) in [6, 6.07) is 2.67. The number of amides is 1. The fraction of sp³-hybridized carbons (Fsp3) is 0.524. The zero-order valence-corrected chi connectivity index (χ0v) is 18.9. The molecule has 3 atom stereocenters. The first-order valence-corrected chi connectivity index (χ1v) is 10.8. The number of nitrogens with zero attached hydrogens (tertiary/aromatic N) is 4. The number of aromatic nitrogens is 5. The summed E-state index contributed by atoms with van der Waals surface area (Å²) in [5, 5.41) is 12.4. The van der Waals surface area contributed by atoms with Gasteiger partial charge in [0.05, 0.1) is 12.3 Å². The minimum absolute atomic E-state index is 0.0792. The third kappa shape index (κ3) is 5.08. The van der Waals surface area contributed by atoms with E-state index in [0.29, 0.717) is 24.2 Å². The van der Waals surface area contributed by atoms with E-state index in [4.69, 9.17) is 9.47 Å². The third-order valence-electron chi connectivity index (χ3n) is 5.44. The van der Waals surface area contributed by atoms with Crippen LogP contribution in [-0.4, -0.2) is 56.1 Å². The molecule has 3 N–H and O–H groups in total. The summed E-state index contributed by atoms with van der Waals surface area (Å²) in [5.74, 6) is -0.205. The Labute approximate surface area is 193 Å². The van der Waals surface area contributed by atoms with Crippen molar-refractivity contribution in [1.29, 1.82) is 0 Å². The number of nitrogens with one attached hydrogen (secondary N) is 3. The fourth-order valence-corrected chi connectivity index (χ4v) is 3.96. The van der Waals surface area contributed by atoms with Crippen molar-refractivity contribution in [2.45, 2.75) is 64.0 Å². The van der Waals surface area contributed by atoms with Gasteiger partial charge in [0.25, 0.3) is 6.43 Å². The number of anilines is 2. The maximum Gasteiger partial charge on any atom is 0.407 e. The van der Waals surface area contributed by atoms with Gasteiger partial charge in [0, 0.05) is 43.1 Å². The molecule has 0 aromatic carbocycles. The van der Waals surface area contributed by atoms with Crippen molar-refractivity contribution in [2.75, 3.05) is 12.4 Å². The number of carbonyl (C=O) groups excluding carboxylic acids is 1. The van der Waals surface area contributed by atoms with Crippen molar-refractivity contribution in [2.24, 2.45) is 0 Å². The smallest absolute Gasteiger partial charge is 0.407 e. The van der Waals surface area contributed by atoms with Crippen LogP contribution in [-0.2, 0) is 16.1 Å². The lowest BCUT2D eigenvalue weighted by Crippen LogP contribution is -2.36. The van der Waals surface area contributed by atoms with Gasteiger partial charge in [0.15, 0.2) is 5.82 Å². The number of H-pyrrole nitrogens is 1. The van der Waals surface area contributed by atoms with Crippen molar-refractivity contribution in [3.63, 3.8) is 0 Å². The molecule has 1 saturated carbocycles. The minimum Gasteiger partial charge on any atom is -0.443 e. The van der Waals surface area contributed by atoms with E-state index in [2.05, 4.69) is 30.8 Å². The molecule has 10 nitrogen and oxygen atoms in total. The van der Waals surface area contributed by atoms with E-state index in [-0.39, 0.29) is 30.1 Å². The number of rotatable bonds is 8. The molecule has 1 aliphatic carbocycles. The molecule has 3 aromatic heterocycles. The maximum absolute atomic E-state index is 15.0. The molecule has 1 amide bonds. The van der Waals surface area contributed by atoms with E-state index in [1.807, 2.05) is 0 Å². The molecule has 1 aliphatic rings. The van der Waals surface area contributed by atoms with Gasteiger partial charge in [-0.05, 0) is 26.7 Å². The molecule has 4 rings (SSSR count). The largest absolute Gasteiger partial charge is 0.443 e. The maximum atomic E-state index is 15.0. The highest BCUT2D eigenvalue weighted by Gasteiger charge is 2.41. The number of carbonyl (C=O) groups is 1. The Morgan fingerprint density at radius 3 is 2.79 bits per heavy atom. The Bertz CT molecular complexity index is 1150. The lowest BCUT2D eigenvalue weighted by molar-refractivity contribution is 0.0555. The molecular formula is C21H26F3N7O3. The van der Waals surface area contributed by atoms with E-state index in [1.54, 1.807) is 26.1 Å². The number of methoxy groups -OCH3 is 1. The number of hydrogen-bond acceptors (Lipinski definition) is 7. The van der Waals surface area contributed by atoms with Gasteiger partial charge in [-0.3, -0.25) is 9.50 Å². The number of alkyl halides is 3. The first-order chi connectivity index (χ1) is 16.2. The van der Waals surface area contributed by atoms with E-state index in [0.717, 1.165) is 0 Å². The van der Waals surface area contributed by atoms with Crippen LogP contribution in [0.15, 0.2) is 18.3 Å². The molecule has 184 valence electrons. The predicted octanol–water partition coefficient (Wildman–Crippen LogP) is 4.00. The van der Waals surface area contributed by atoms with Crippen LogP contribution in [0.4, 0.5) is 29.7 Å². The van der Waals surface area contributed by atoms with Crippen LogP contribution in [0.3, 0.4) is 0 Å². The van der Waals surface area contributed by atoms with Crippen molar-refractivity contribution in [3.8, 4) is 0 Å². The van der Waals surface area contributed by atoms with Gasteiger partial charge in [-0.1, -0.05) is 0 Å². The van der Waals surface area contributed by atoms with Crippen LogP contribution < -0.4 is 10.6 Å². The van der Waals surface area contributed by atoms with Crippen LogP contribution in [0, 0.1) is 0 Å². The number of alkyl carbamates (subject to hydrolysis) is 1. The van der Waals surface area contributed by atoms with Gasteiger partial charge in [0.1, 0.15) is 23.6 Å². The fourth-order valence-electron chi connectivity index (χ4n) is 3.96. The lowest BCUT2D eigenvalue weighted by atomic mass is 10.0. The summed E-state index contributed by atoms with van der Waals surface area (Å²) in [6.07, 6.45) is -3.28. The van der Waals surface area contributed by atoms with Gasteiger partial charge in [-0.15, -0.1) is 0 Å². The highest BCUT2D eigenvalue weighted by atomic mass is 19.3. The zero-order valence-electron chi connectivity index (χ0n) is 18.9. The van der Waals surface area contributed by atoms with Gasteiger partial charge in [-0.2, -0.15) is 5.10 Å². The predicted molar refractivity (Wildman–Crippen MR) is 116 cm³/mol. The standard InChI is InChI=1S/C21H26F3N7O3/c1-10(2)25-21(32)34-15-5-4-12(18(15)22)13-6-16(30-29-13)28-20-27-14(19(23)24)7-17-26-11(9-33-3)8-31(17)20/h6-8,10,12,15,18-19H,4-5,9H2,1-3H3,(H,25,32)(H2,27,28,29,30)/t12-,15-,18-/m1/s1. The van der Waals surface area contributed by atoms with E-state index < -0.39 is 36.4 Å². The van der Waals surface area contributed by atoms with Crippen molar-refractivity contribution < 1.29 is 27.4 Å². The number of imidazole rings is 1. The molecule has 0 spiro atoms. The average molecular weight is 481 g/mol. The lowest BCUT2D eigenvalue weighted by Gasteiger charge is -2.18. The van der Waals surface area contributed by atoms with Gasteiger partial charge in [-0.25, -0.2) is 27.9 Å². The molecule has 0 bridgehead atoms. The minimum atomic E-state index is -2.79. The van der Waals surface area contributed by atoms with E-state index >= 15 is 4.39 Å². The topological polar surface area (TPSA) is 118 Å². The number of fused-ring (bicyclic) bond motifs is 1. The average Bonchev–Trinajstić information content (AvgIpc) is 3.47. The number of ether oxygens (including phenoxy) is 2.